The first-order chi connectivity index (χ1) is 4.42. The zero-order valence-corrected chi connectivity index (χ0v) is 9.35. The average Bonchev–Trinajstić information content (AvgIpc) is 1.59. The number of carbonyl (C=O) groups is 1. The van der Waals surface area contributed by atoms with E-state index in [1.807, 2.05) is 0 Å². The van der Waals surface area contributed by atoms with E-state index in [2.05, 4.69) is 19.6 Å². The van der Waals surface area contributed by atoms with Gasteiger partial charge in [-0.2, -0.15) is 0 Å². The number of hydrogen-bond donors (Lipinski definition) is 0. The third-order valence-corrected chi connectivity index (χ3v) is 5.21. The van der Waals surface area contributed by atoms with Crippen molar-refractivity contribution in [2.75, 3.05) is 0 Å². The summed E-state index contributed by atoms with van der Waals surface area (Å²) in [5, 5.41) is 0. The summed E-state index contributed by atoms with van der Waals surface area (Å²) in [6.07, 6.45) is 0. The van der Waals surface area contributed by atoms with Crippen LogP contribution in [-0.2, 0) is 13.3 Å². The molecule has 0 aliphatic rings. The Bertz CT molecular complexity index is 119. The normalized spacial score (nSPS) is 12.4. The lowest BCUT2D eigenvalue weighted by molar-refractivity contribution is -0.132. The molecule has 0 aliphatic carbocycles. The van der Waals surface area contributed by atoms with E-state index in [1.165, 1.54) is 6.92 Å². The van der Waals surface area contributed by atoms with Gasteiger partial charge in [-0.25, -0.2) is 0 Å². The molecule has 0 N–H and O–H groups in total. The third kappa shape index (κ3) is 7.86. The van der Waals surface area contributed by atoms with Crippen molar-refractivity contribution in [3.8, 4) is 0 Å². The van der Waals surface area contributed by atoms with Crippen LogP contribution in [-0.4, -0.2) is 24.3 Å². The van der Waals surface area contributed by atoms with Crippen LogP contribution in [0.1, 0.15) is 6.92 Å². The smallest absolute Gasteiger partial charge is 0.358 e. The zero-order chi connectivity index (χ0) is 8.20. The van der Waals surface area contributed by atoms with Crippen molar-refractivity contribution in [1.82, 2.24) is 0 Å². The summed E-state index contributed by atoms with van der Waals surface area (Å²) in [6, 6.07) is 0. The lowest BCUT2D eigenvalue weighted by Gasteiger charge is -2.16. The summed E-state index contributed by atoms with van der Waals surface area (Å²) < 4.78 is 10.1. The second kappa shape index (κ2) is 3.89. The summed E-state index contributed by atoms with van der Waals surface area (Å²) in [5.41, 5.74) is 0. The van der Waals surface area contributed by atoms with Gasteiger partial charge in [0.2, 0.25) is 0 Å². The first kappa shape index (κ1) is 9.86. The Morgan fingerprint density at radius 3 is 2.20 bits per heavy atom. The van der Waals surface area contributed by atoms with E-state index >= 15 is 0 Å². The highest BCUT2D eigenvalue weighted by molar-refractivity contribution is 6.73. The van der Waals surface area contributed by atoms with Crippen LogP contribution >= 0.6 is 0 Å². The molecule has 0 unspecified atom stereocenters. The van der Waals surface area contributed by atoms with Crippen molar-refractivity contribution >= 4 is 24.3 Å². The Kier molecular flexibility index (Phi) is 3.84. The molecule has 3 nitrogen and oxygen atoms in total. The Balaban J connectivity index is 3.29. The van der Waals surface area contributed by atoms with E-state index in [9.17, 15) is 4.79 Å². The highest BCUT2D eigenvalue weighted by Gasteiger charge is 2.13. The van der Waals surface area contributed by atoms with Crippen molar-refractivity contribution in [2.45, 2.75) is 26.6 Å². The largest absolute Gasteiger partial charge is 0.500 e. The average molecular weight is 178 g/mol. The predicted molar refractivity (Wildman–Crippen MR) is 44.7 cm³/mol. The fourth-order valence-electron chi connectivity index (χ4n) is 0.289. The van der Waals surface area contributed by atoms with E-state index in [0.29, 0.717) is 0 Å². The molecule has 0 saturated heterocycles. The number of carbonyl (C=O) groups excluding carboxylic acids is 1. The molecular weight excluding hydrogens is 164 g/mol. The van der Waals surface area contributed by atoms with Gasteiger partial charge in [-0.3, -0.25) is 4.79 Å². The standard InChI is InChI=1S/C5H14O3Si2/c1-5(6)7-9-8-10(2,3)4/h9H2,1-4H3. The Morgan fingerprint density at radius 1 is 1.40 bits per heavy atom. The maximum Gasteiger partial charge on any atom is 0.358 e. The lowest BCUT2D eigenvalue weighted by Crippen LogP contribution is -2.29. The van der Waals surface area contributed by atoms with E-state index in [-0.39, 0.29) is 5.97 Å². The lowest BCUT2D eigenvalue weighted by atomic mass is 10.9. The molecule has 0 aromatic carbocycles. The van der Waals surface area contributed by atoms with E-state index in [4.69, 9.17) is 8.54 Å². The number of hydrogen-bond acceptors (Lipinski definition) is 3. The molecule has 0 spiro atoms. The van der Waals surface area contributed by atoms with Crippen molar-refractivity contribution in [2.24, 2.45) is 0 Å². The summed E-state index contributed by atoms with van der Waals surface area (Å²) in [5.74, 6) is -0.232. The maximum absolute atomic E-state index is 10.3. The summed E-state index contributed by atoms with van der Waals surface area (Å²) in [4.78, 5) is 10.3. The van der Waals surface area contributed by atoms with Gasteiger partial charge in [0.15, 0.2) is 8.32 Å². The summed E-state index contributed by atoms with van der Waals surface area (Å²) in [6.45, 7) is 7.62. The Morgan fingerprint density at radius 2 is 1.90 bits per heavy atom. The molecule has 0 atom stereocenters. The topological polar surface area (TPSA) is 35.5 Å². The fourth-order valence-corrected chi connectivity index (χ4v) is 2.11. The van der Waals surface area contributed by atoms with Gasteiger partial charge in [-0.1, -0.05) is 0 Å². The molecule has 0 radical (unpaired) electrons. The zero-order valence-electron chi connectivity index (χ0n) is 6.93. The molecule has 0 amide bonds. The molecule has 0 aromatic heterocycles. The predicted octanol–water partition coefficient (Wildman–Crippen LogP) is 0.400. The molecule has 0 rings (SSSR count). The van der Waals surface area contributed by atoms with Crippen molar-refractivity contribution in [3.63, 3.8) is 0 Å². The van der Waals surface area contributed by atoms with Gasteiger partial charge in [0.05, 0.1) is 0 Å². The molecule has 60 valence electrons. The molecule has 0 aromatic rings. The van der Waals surface area contributed by atoms with Gasteiger partial charge >= 0.3 is 10.0 Å². The molecular formula is C5H14O3Si2. The highest BCUT2D eigenvalue weighted by atomic mass is 28.4. The van der Waals surface area contributed by atoms with Crippen molar-refractivity contribution in [1.29, 1.82) is 0 Å². The van der Waals surface area contributed by atoms with Gasteiger partial charge in [-0.15, -0.1) is 0 Å². The quantitative estimate of drug-likeness (QED) is 0.587. The monoisotopic (exact) mass is 178 g/mol. The first-order valence-electron chi connectivity index (χ1n) is 3.19. The van der Waals surface area contributed by atoms with Crippen LogP contribution in [0, 0.1) is 0 Å². The minimum atomic E-state index is -1.44. The maximum atomic E-state index is 10.3. The van der Waals surface area contributed by atoms with Gasteiger partial charge in [0, 0.05) is 6.92 Å². The second-order valence-corrected chi connectivity index (χ2v) is 8.91. The summed E-state index contributed by atoms with van der Waals surface area (Å²) >= 11 is 0. The summed E-state index contributed by atoms with van der Waals surface area (Å²) in [7, 11) is -2.47. The van der Waals surface area contributed by atoms with E-state index in [1.54, 1.807) is 0 Å². The van der Waals surface area contributed by atoms with Gasteiger partial charge in [-0.05, 0) is 19.6 Å². The van der Waals surface area contributed by atoms with Crippen LogP contribution in [0.3, 0.4) is 0 Å². The van der Waals surface area contributed by atoms with Crippen LogP contribution in [0.2, 0.25) is 19.6 Å². The van der Waals surface area contributed by atoms with Crippen LogP contribution in [0.25, 0.3) is 0 Å². The molecule has 10 heavy (non-hydrogen) atoms. The molecule has 0 heterocycles. The Hall–Kier alpha value is -0.136. The van der Waals surface area contributed by atoms with Crippen LogP contribution in [0.4, 0.5) is 0 Å². The molecule has 0 fully saturated rings. The minimum absolute atomic E-state index is 0.232. The first-order valence-corrected chi connectivity index (χ1v) is 7.75. The molecule has 0 bridgehead atoms. The third-order valence-electron chi connectivity index (χ3n) is 0.754. The van der Waals surface area contributed by atoms with Crippen molar-refractivity contribution < 1.29 is 13.3 Å². The van der Waals surface area contributed by atoms with E-state index < -0.39 is 18.3 Å². The van der Waals surface area contributed by atoms with Crippen LogP contribution < -0.4 is 0 Å². The molecule has 0 aliphatic heterocycles. The SMILES string of the molecule is CC(=O)O[SiH2]O[Si](C)(C)C. The van der Waals surface area contributed by atoms with Gasteiger partial charge in [0.1, 0.15) is 0 Å². The van der Waals surface area contributed by atoms with Crippen LogP contribution in [0.5, 0.6) is 0 Å². The highest BCUT2D eigenvalue weighted by Crippen LogP contribution is 2.00. The number of rotatable bonds is 3. The fraction of sp³-hybridized carbons (Fsp3) is 0.800. The van der Waals surface area contributed by atoms with Gasteiger partial charge in [0.25, 0.3) is 5.97 Å². The minimum Gasteiger partial charge on any atom is -0.500 e. The van der Waals surface area contributed by atoms with Gasteiger partial charge < -0.3 is 8.54 Å². The molecule has 0 saturated carbocycles. The van der Waals surface area contributed by atoms with Crippen molar-refractivity contribution in [3.05, 3.63) is 0 Å². The Labute approximate surface area is 64.9 Å². The van der Waals surface area contributed by atoms with E-state index in [0.717, 1.165) is 0 Å². The molecule has 5 heteroatoms. The second-order valence-electron chi connectivity index (χ2n) is 3.01. The van der Waals surface area contributed by atoms with Crippen LogP contribution in [0.15, 0.2) is 0 Å².